The molecule has 2 N–H and O–H groups in total. The lowest BCUT2D eigenvalue weighted by Crippen LogP contribution is -2.40. The van der Waals surface area contributed by atoms with E-state index in [4.69, 9.17) is 0 Å². The molecule has 0 bridgehead atoms. The molecule has 128 valence electrons. The molecule has 3 nitrogen and oxygen atoms in total. The molecule has 0 aliphatic heterocycles. The summed E-state index contributed by atoms with van der Waals surface area (Å²) in [6, 6.07) is 17.1. The summed E-state index contributed by atoms with van der Waals surface area (Å²) in [6.07, 6.45) is 2.41. The van der Waals surface area contributed by atoms with Gasteiger partial charge in [-0.2, -0.15) is 0 Å². The van der Waals surface area contributed by atoms with Gasteiger partial charge in [0, 0.05) is 25.6 Å². The Morgan fingerprint density at radius 3 is 2.29 bits per heavy atom. The zero-order valence-electron chi connectivity index (χ0n) is 13.8. The second-order valence-electron chi connectivity index (χ2n) is 6.05. The average Bonchev–Trinajstić information content (AvgIpc) is 3.39. The van der Waals surface area contributed by atoms with Crippen LogP contribution in [0.25, 0.3) is 0 Å². The Bertz CT molecular complexity index is 667. The molecule has 1 saturated carbocycles. The van der Waals surface area contributed by atoms with Gasteiger partial charge in [0.15, 0.2) is 5.96 Å². The van der Waals surface area contributed by atoms with Gasteiger partial charge in [0.05, 0.1) is 0 Å². The van der Waals surface area contributed by atoms with Crippen molar-refractivity contribution in [3.63, 3.8) is 0 Å². The number of benzene rings is 2. The molecule has 2 aromatic rings. The van der Waals surface area contributed by atoms with E-state index in [1.54, 1.807) is 19.2 Å². The van der Waals surface area contributed by atoms with Gasteiger partial charge in [0.2, 0.25) is 0 Å². The van der Waals surface area contributed by atoms with Gasteiger partial charge in [0.25, 0.3) is 0 Å². The number of halogens is 2. The number of nitrogens with zero attached hydrogens (tertiary/aromatic N) is 1. The van der Waals surface area contributed by atoms with Gasteiger partial charge in [-0.25, -0.2) is 4.39 Å². The van der Waals surface area contributed by atoms with E-state index in [0.717, 1.165) is 18.1 Å². The third kappa shape index (κ3) is 4.69. The van der Waals surface area contributed by atoms with Crippen LogP contribution >= 0.6 is 24.0 Å². The van der Waals surface area contributed by atoms with Gasteiger partial charge in [-0.15, -0.1) is 24.0 Å². The van der Waals surface area contributed by atoms with Crippen LogP contribution in [0.2, 0.25) is 0 Å². The average molecular weight is 439 g/mol. The summed E-state index contributed by atoms with van der Waals surface area (Å²) < 4.78 is 12.9. The van der Waals surface area contributed by atoms with Crippen LogP contribution in [0, 0.1) is 5.82 Å². The van der Waals surface area contributed by atoms with Crippen LogP contribution in [0.3, 0.4) is 0 Å². The fourth-order valence-electron chi connectivity index (χ4n) is 2.77. The van der Waals surface area contributed by atoms with Crippen LogP contribution in [0.1, 0.15) is 24.0 Å². The van der Waals surface area contributed by atoms with Gasteiger partial charge in [-0.1, -0.05) is 42.5 Å². The van der Waals surface area contributed by atoms with Gasteiger partial charge in [-0.05, 0) is 36.1 Å². The van der Waals surface area contributed by atoms with Crippen LogP contribution in [-0.2, 0) is 12.0 Å². The minimum Gasteiger partial charge on any atom is -0.356 e. The molecule has 0 atom stereocenters. The Morgan fingerprint density at radius 2 is 1.71 bits per heavy atom. The molecule has 0 aromatic heterocycles. The van der Waals surface area contributed by atoms with E-state index in [2.05, 4.69) is 46.0 Å². The Hall–Kier alpha value is -1.63. The van der Waals surface area contributed by atoms with E-state index in [0.29, 0.717) is 6.54 Å². The van der Waals surface area contributed by atoms with Crippen molar-refractivity contribution in [1.82, 2.24) is 10.6 Å². The lowest BCUT2D eigenvalue weighted by Gasteiger charge is -2.19. The van der Waals surface area contributed by atoms with E-state index in [1.165, 1.54) is 30.5 Å². The molecular weight excluding hydrogens is 416 g/mol. The number of hydrogen-bond acceptors (Lipinski definition) is 1. The highest BCUT2D eigenvalue weighted by Crippen LogP contribution is 2.47. The van der Waals surface area contributed by atoms with Gasteiger partial charge in [-0.3, -0.25) is 4.99 Å². The highest BCUT2D eigenvalue weighted by Gasteiger charge is 2.43. The summed E-state index contributed by atoms with van der Waals surface area (Å²) in [5.74, 6) is 0.561. The van der Waals surface area contributed by atoms with E-state index in [1.807, 2.05) is 0 Å². The van der Waals surface area contributed by atoms with E-state index in [-0.39, 0.29) is 35.2 Å². The predicted octanol–water partition coefficient (Wildman–Crippen LogP) is 3.84. The Balaban J connectivity index is 0.00000208. The second-order valence-corrected chi connectivity index (χ2v) is 6.05. The second kappa shape index (κ2) is 8.46. The quantitative estimate of drug-likeness (QED) is 0.422. The number of guanidine groups is 1. The molecule has 5 heteroatoms. The molecule has 0 saturated heterocycles. The molecule has 1 aliphatic carbocycles. The maximum atomic E-state index is 12.9. The van der Waals surface area contributed by atoms with Gasteiger partial charge < -0.3 is 10.6 Å². The predicted molar refractivity (Wildman–Crippen MR) is 107 cm³/mol. The SMILES string of the molecule is CN=C(NCc1ccc(F)cc1)NCC1(c2ccccc2)CC1.I. The number of nitrogens with one attached hydrogen (secondary N) is 2. The van der Waals surface area contributed by atoms with Crippen molar-refractivity contribution in [2.45, 2.75) is 24.8 Å². The molecule has 0 heterocycles. The third-order valence-electron chi connectivity index (χ3n) is 4.43. The van der Waals surface area contributed by atoms with E-state index >= 15 is 0 Å². The maximum Gasteiger partial charge on any atom is 0.191 e. The highest BCUT2D eigenvalue weighted by atomic mass is 127. The third-order valence-corrected chi connectivity index (χ3v) is 4.43. The summed E-state index contributed by atoms with van der Waals surface area (Å²) in [7, 11) is 1.77. The van der Waals surface area contributed by atoms with E-state index in [9.17, 15) is 4.39 Å². The first-order valence-corrected chi connectivity index (χ1v) is 7.96. The molecule has 0 amide bonds. The van der Waals surface area contributed by atoms with Crippen LogP contribution in [0.5, 0.6) is 0 Å². The molecule has 0 spiro atoms. The van der Waals surface area contributed by atoms with Crippen molar-refractivity contribution < 1.29 is 4.39 Å². The maximum absolute atomic E-state index is 12.9. The molecule has 1 aliphatic rings. The topological polar surface area (TPSA) is 36.4 Å². The van der Waals surface area contributed by atoms with Crippen molar-refractivity contribution >= 4 is 29.9 Å². The zero-order valence-corrected chi connectivity index (χ0v) is 16.1. The Labute approximate surface area is 159 Å². The fourth-order valence-corrected chi connectivity index (χ4v) is 2.77. The zero-order chi connectivity index (χ0) is 16.1. The minimum absolute atomic E-state index is 0. The standard InChI is InChI=1S/C19H22FN3.HI/c1-21-18(22-13-15-7-9-17(20)10-8-15)23-14-19(11-12-19)16-5-3-2-4-6-16;/h2-10H,11-14H2,1H3,(H2,21,22,23);1H. The molecular formula is C19H23FIN3. The first kappa shape index (κ1) is 18.7. The minimum atomic E-state index is -0.213. The van der Waals surface area contributed by atoms with Crippen LogP contribution in [-0.4, -0.2) is 19.6 Å². The monoisotopic (exact) mass is 439 g/mol. The van der Waals surface area contributed by atoms with Gasteiger partial charge >= 0.3 is 0 Å². The number of aliphatic imine (C=N–C) groups is 1. The van der Waals surface area contributed by atoms with Crippen LogP contribution < -0.4 is 10.6 Å². The summed E-state index contributed by atoms with van der Waals surface area (Å²) >= 11 is 0. The lowest BCUT2D eigenvalue weighted by atomic mass is 9.96. The summed E-state index contributed by atoms with van der Waals surface area (Å²) in [6.45, 7) is 1.50. The fraction of sp³-hybridized carbons (Fsp3) is 0.316. The first-order chi connectivity index (χ1) is 11.2. The van der Waals surface area contributed by atoms with Gasteiger partial charge in [0.1, 0.15) is 5.82 Å². The molecule has 0 radical (unpaired) electrons. The molecule has 2 aromatic carbocycles. The Kier molecular flexibility index (Phi) is 6.60. The van der Waals surface area contributed by atoms with Crippen molar-refractivity contribution in [3.05, 3.63) is 71.5 Å². The summed E-state index contributed by atoms with van der Waals surface area (Å²) in [4.78, 5) is 4.27. The van der Waals surface area contributed by atoms with Crippen molar-refractivity contribution in [3.8, 4) is 0 Å². The van der Waals surface area contributed by atoms with Crippen molar-refractivity contribution in [1.29, 1.82) is 0 Å². The smallest absolute Gasteiger partial charge is 0.191 e. The number of hydrogen-bond donors (Lipinski definition) is 2. The van der Waals surface area contributed by atoms with Crippen molar-refractivity contribution in [2.75, 3.05) is 13.6 Å². The molecule has 1 fully saturated rings. The van der Waals surface area contributed by atoms with E-state index < -0.39 is 0 Å². The lowest BCUT2D eigenvalue weighted by molar-refractivity contribution is 0.626. The van der Waals surface area contributed by atoms with Crippen molar-refractivity contribution in [2.24, 2.45) is 4.99 Å². The molecule has 3 rings (SSSR count). The molecule has 0 unspecified atom stereocenters. The number of rotatable bonds is 5. The highest BCUT2D eigenvalue weighted by molar-refractivity contribution is 14.0. The Morgan fingerprint density at radius 1 is 1.04 bits per heavy atom. The van der Waals surface area contributed by atoms with Crippen LogP contribution in [0.4, 0.5) is 4.39 Å². The van der Waals surface area contributed by atoms with Crippen LogP contribution in [0.15, 0.2) is 59.6 Å². The summed E-state index contributed by atoms with van der Waals surface area (Å²) in [5.41, 5.74) is 2.66. The molecule has 24 heavy (non-hydrogen) atoms. The summed E-state index contributed by atoms with van der Waals surface area (Å²) in [5, 5.41) is 6.69. The largest absolute Gasteiger partial charge is 0.356 e. The normalized spacial score (nSPS) is 15.3. The first-order valence-electron chi connectivity index (χ1n) is 7.96.